The van der Waals surface area contributed by atoms with Crippen molar-refractivity contribution in [2.24, 2.45) is 0 Å². The first-order valence-corrected chi connectivity index (χ1v) is 12.1. The molecular formula is C22H29ClN4O4S. The number of hydrogen-bond acceptors (Lipinski definition) is 5. The van der Waals surface area contributed by atoms with E-state index in [4.69, 9.17) is 11.6 Å². The highest BCUT2D eigenvalue weighted by Gasteiger charge is 2.23. The van der Waals surface area contributed by atoms with Gasteiger partial charge in [0.2, 0.25) is 15.9 Å². The molecule has 0 aliphatic heterocycles. The van der Waals surface area contributed by atoms with Crippen LogP contribution in [0.4, 0.5) is 11.4 Å². The Morgan fingerprint density at radius 2 is 1.69 bits per heavy atom. The van der Waals surface area contributed by atoms with Crippen LogP contribution in [0.1, 0.15) is 30.6 Å². The van der Waals surface area contributed by atoms with Crippen molar-refractivity contribution in [1.82, 2.24) is 9.62 Å². The van der Waals surface area contributed by atoms with E-state index < -0.39 is 10.0 Å². The van der Waals surface area contributed by atoms with E-state index in [0.717, 1.165) is 0 Å². The van der Waals surface area contributed by atoms with Crippen LogP contribution in [0.15, 0.2) is 47.4 Å². The van der Waals surface area contributed by atoms with Crippen molar-refractivity contribution in [2.45, 2.75) is 25.2 Å². The molecule has 2 aromatic rings. The molecule has 0 heterocycles. The van der Waals surface area contributed by atoms with Crippen molar-refractivity contribution in [2.75, 3.05) is 43.9 Å². The van der Waals surface area contributed by atoms with Gasteiger partial charge in [0.25, 0.3) is 5.91 Å². The van der Waals surface area contributed by atoms with Crippen LogP contribution in [0, 0.1) is 0 Å². The molecule has 0 aliphatic rings. The third kappa shape index (κ3) is 6.21. The average Bonchev–Trinajstić information content (AvgIpc) is 2.74. The molecule has 0 bridgehead atoms. The monoisotopic (exact) mass is 480 g/mol. The number of carbonyl (C=O) groups is 2. The zero-order chi connectivity index (χ0) is 23.9. The lowest BCUT2D eigenvalue weighted by Gasteiger charge is -2.22. The van der Waals surface area contributed by atoms with Gasteiger partial charge in [-0.25, -0.2) is 8.42 Å². The second-order valence-electron chi connectivity index (χ2n) is 7.20. The van der Waals surface area contributed by atoms with Crippen LogP contribution in [0.2, 0.25) is 5.02 Å². The van der Waals surface area contributed by atoms with E-state index in [0.29, 0.717) is 35.1 Å². The highest BCUT2D eigenvalue weighted by Crippen LogP contribution is 2.29. The van der Waals surface area contributed by atoms with Crippen LogP contribution >= 0.6 is 11.6 Å². The second-order valence-corrected chi connectivity index (χ2v) is 9.54. The standard InChI is InChI=1S/C22H29ClN4O4S/c1-5-27(6-2)32(30,31)16-11-12-20(26(3)4)19(15-16)25-21(28)13-14-24-22(29)17-9-7-8-10-18(17)23/h7-12,15H,5-6,13-14H2,1-4H3,(H,24,29)(H,25,28). The fourth-order valence-corrected chi connectivity index (χ4v) is 4.83. The summed E-state index contributed by atoms with van der Waals surface area (Å²) in [6.45, 7) is 4.34. The van der Waals surface area contributed by atoms with Crippen molar-refractivity contribution in [1.29, 1.82) is 0 Å². The SMILES string of the molecule is CCN(CC)S(=O)(=O)c1ccc(N(C)C)c(NC(=O)CCNC(=O)c2ccccc2Cl)c1. The number of benzene rings is 2. The molecule has 0 saturated heterocycles. The number of rotatable bonds is 10. The van der Waals surface area contributed by atoms with Gasteiger partial charge in [-0.1, -0.05) is 37.6 Å². The van der Waals surface area contributed by atoms with Crippen molar-refractivity contribution in [3.05, 3.63) is 53.1 Å². The van der Waals surface area contributed by atoms with Gasteiger partial charge < -0.3 is 15.5 Å². The lowest BCUT2D eigenvalue weighted by atomic mass is 10.2. The molecule has 8 nitrogen and oxygen atoms in total. The molecule has 0 radical (unpaired) electrons. The first kappa shape index (κ1) is 25.6. The van der Waals surface area contributed by atoms with Crippen molar-refractivity contribution < 1.29 is 18.0 Å². The first-order chi connectivity index (χ1) is 15.1. The van der Waals surface area contributed by atoms with Crippen LogP contribution in [-0.4, -0.2) is 58.3 Å². The van der Waals surface area contributed by atoms with Gasteiger partial charge in [0.15, 0.2) is 0 Å². The molecule has 2 amide bonds. The number of carbonyl (C=O) groups excluding carboxylic acids is 2. The third-order valence-corrected chi connectivity index (χ3v) is 7.20. The Balaban J connectivity index is 2.12. The molecule has 0 aromatic heterocycles. The maximum absolute atomic E-state index is 12.9. The summed E-state index contributed by atoms with van der Waals surface area (Å²) >= 11 is 6.01. The summed E-state index contributed by atoms with van der Waals surface area (Å²) in [5.74, 6) is -0.727. The van der Waals surface area contributed by atoms with Gasteiger partial charge >= 0.3 is 0 Å². The molecule has 0 fully saturated rings. The maximum Gasteiger partial charge on any atom is 0.252 e. The normalized spacial score (nSPS) is 11.3. The molecule has 0 spiro atoms. The average molecular weight is 481 g/mol. The lowest BCUT2D eigenvalue weighted by Crippen LogP contribution is -2.31. The van der Waals surface area contributed by atoms with Crippen molar-refractivity contribution in [3.63, 3.8) is 0 Å². The smallest absolute Gasteiger partial charge is 0.252 e. The Labute approximate surface area is 194 Å². The molecular weight excluding hydrogens is 452 g/mol. The van der Waals surface area contributed by atoms with E-state index in [9.17, 15) is 18.0 Å². The fourth-order valence-electron chi connectivity index (χ4n) is 3.12. The van der Waals surface area contributed by atoms with Crippen LogP contribution in [0.5, 0.6) is 0 Å². The number of halogens is 1. The second kappa shape index (κ2) is 11.3. The largest absolute Gasteiger partial charge is 0.376 e. The van der Waals surface area contributed by atoms with E-state index in [1.54, 1.807) is 63.2 Å². The third-order valence-electron chi connectivity index (χ3n) is 4.82. The Morgan fingerprint density at radius 3 is 2.28 bits per heavy atom. The molecule has 10 heteroatoms. The van der Waals surface area contributed by atoms with Gasteiger partial charge in [-0.05, 0) is 30.3 Å². The van der Waals surface area contributed by atoms with Gasteiger partial charge in [-0.2, -0.15) is 4.31 Å². The zero-order valence-electron chi connectivity index (χ0n) is 18.7. The Morgan fingerprint density at radius 1 is 1.03 bits per heavy atom. The van der Waals surface area contributed by atoms with Gasteiger partial charge in [0.1, 0.15) is 0 Å². The van der Waals surface area contributed by atoms with Gasteiger partial charge in [0, 0.05) is 40.2 Å². The molecule has 174 valence electrons. The Bertz CT molecular complexity index is 1070. The van der Waals surface area contributed by atoms with Gasteiger partial charge in [0.05, 0.1) is 26.9 Å². The summed E-state index contributed by atoms with van der Waals surface area (Å²) in [6.07, 6.45) is 0.0100. The summed E-state index contributed by atoms with van der Waals surface area (Å²) in [4.78, 5) is 26.6. The molecule has 0 atom stereocenters. The molecule has 2 rings (SSSR count). The molecule has 2 N–H and O–H groups in total. The molecule has 0 saturated carbocycles. The first-order valence-electron chi connectivity index (χ1n) is 10.3. The summed E-state index contributed by atoms with van der Waals surface area (Å²) in [6, 6.07) is 11.3. The van der Waals surface area contributed by atoms with Gasteiger partial charge in [-0.3, -0.25) is 9.59 Å². The van der Waals surface area contributed by atoms with E-state index in [1.165, 1.54) is 16.4 Å². The molecule has 0 unspecified atom stereocenters. The summed E-state index contributed by atoms with van der Waals surface area (Å²) in [7, 11) is -0.0729. The summed E-state index contributed by atoms with van der Waals surface area (Å²) in [5.41, 5.74) is 1.38. The number of sulfonamides is 1. The molecule has 32 heavy (non-hydrogen) atoms. The predicted octanol–water partition coefficient (Wildman–Crippen LogP) is 3.20. The fraction of sp³-hybridized carbons (Fsp3) is 0.364. The Hall–Kier alpha value is -2.62. The minimum absolute atomic E-state index is 0.0100. The minimum atomic E-state index is -3.67. The van der Waals surface area contributed by atoms with Gasteiger partial charge in [-0.15, -0.1) is 0 Å². The summed E-state index contributed by atoms with van der Waals surface area (Å²) < 4.78 is 27.1. The van der Waals surface area contributed by atoms with E-state index in [1.807, 2.05) is 0 Å². The maximum atomic E-state index is 12.9. The minimum Gasteiger partial charge on any atom is -0.376 e. The number of nitrogens with zero attached hydrogens (tertiary/aromatic N) is 2. The van der Waals surface area contributed by atoms with Crippen LogP contribution in [0.25, 0.3) is 0 Å². The van der Waals surface area contributed by atoms with E-state index >= 15 is 0 Å². The highest BCUT2D eigenvalue weighted by atomic mass is 35.5. The topological polar surface area (TPSA) is 98.8 Å². The van der Waals surface area contributed by atoms with Crippen LogP contribution in [0.3, 0.4) is 0 Å². The van der Waals surface area contributed by atoms with Crippen LogP contribution in [-0.2, 0) is 14.8 Å². The number of anilines is 2. The Kier molecular flexibility index (Phi) is 9.06. The lowest BCUT2D eigenvalue weighted by molar-refractivity contribution is -0.116. The highest BCUT2D eigenvalue weighted by molar-refractivity contribution is 7.89. The predicted molar refractivity (Wildman–Crippen MR) is 128 cm³/mol. The number of amides is 2. The van der Waals surface area contributed by atoms with E-state index in [2.05, 4.69) is 10.6 Å². The zero-order valence-corrected chi connectivity index (χ0v) is 20.3. The number of nitrogens with one attached hydrogen (secondary N) is 2. The summed E-state index contributed by atoms with van der Waals surface area (Å²) in [5, 5.41) is 5.76. The quantitative estimate of drug-likeness (QED) is 0.544. The van der Waals surface area contributed by atoms with E-state index in [-0.39, 0.29) is 29.7 Å². The van der Waals surface area contributed by atoms with Crippen molar-refractivity contribution >= 4 is 44.8 Å². The molecule has 2 aromatic carbocycles. The van der Waals surface area contributed by atoms with Crippen LogP contribution < -0.4 is 15.5 Å². The number of hydrogen-bond donors (Lipinski definition) is 2. The molecule has 0 aliphatic carbocycles. The van der Waals surface area contributed by atoms with Crippen molar-refractivity contribution in [3.8, 4) is 0 Å².